The fraction of sp³-hybridized carbons (Fsp3) is 0.692. The van der Waals surface area contributed by atoms with Crippen LogP contribution >= 0.6 is 0 Å². The van der Waals surface area contributed by atoms with Crippen LogP contribution in [0.2, 0.25) is 0 Å². The number of nitrogens with one attached hydrogen (secondary N) is 1. The van der Waals surface area contributed by atoms with Crippen molar-refractivity contribution in [1.29, 1.82) is 0 Å². The van der Waals surface area contributed by atoms with E-state index in [0.717, 1.165) is 6.92 Å². The van der Waals surface area contributed by atoms with Gasteiger partial charge < -0.3 is 31.7 Å². The first-order valence-electron chi connectivity index (χ1n) is 7.32. The summed E-state index contributed by atoms with van der Waals surface area (Å²) in [6.45, 7) is 0.154. The molecular formula is C13H19F3N4O6. The van der Waals surface area contributed by atoms with Crippen LogP contribution in [0, 0.1) is 5.92 Å². The number of guanidine groups is 1. The lowest BCUT2D eigenvalue weighted by Gasteiger charge is -2.27. The minimum atomic E-state index is -5.24. The third-order valence-electron chi connectivity index (χ3n) is 3.86. The van der Waals surface area contributed by atoms with Crippen LogP contribution in [0.3, 0.4) is 0 Å². The number of amides is 1. The number of rotatable bonds is 6. The van der Waals surface area contributed by atoms with Gasteiger partial charge in [0.15, 0.2) is 11.6 Å². The van der Waals surface area contributed by atoms with Gasteiger partial charge in [-0.25, -0.2) is 14.6 Å². The summed E-state index contributed by atoms with van der Waals surface area (Å²) in [4.78, 5) is 37.3. The molecule has 0 saturated heterocycles. The number of ether oxygens (including phenoxy) is 1. The van der Waals surface area contributed by atoms with Crippen molar-refractivity contribution in [2.45, 2.75) is 43.6 Å². The standard InChI is InChI=1S/C13H19F3N4O6/c1-5(21)19-8(4-26-10(24)13(14,15)16)6-2-12(25,9(22)23)3-7(6)20-11(17)18/h6-8,25H,2-4H2,1H3,(H,19,21)(H,22,23)(H4,17,18,20). The molecule has 0 spiro atoms. The molecule has 13 heteroatoms. The lowest BCUT2D eigenvalue weighted by molar-refractivity contribution is -0.200. The van der Waals surface area contributed by atoms with Gasteiger partial charge in [0, 0.05) is 19.3 Å². The van der Waals surface area contributed by atoms with E-state index in [-0.39, 0.29) is 0 Å². The van der Waals surface area contributed by atoms with Gasteiger partial charge in [0.25, 0.3) is 0 Å². The number of aliphatic hydroxyl groups is 1. The predicted octanol–water partition coefficient (Wildman–Crippen LogP) is -1.54. The Morgan fingerprint density at radius 3 is 2.35 bits per heavy atom. The quantitative estimate of drug-likeness (QED) is 0.208. The number of aliphatic carboxylic acids is 1. The first-order chi connectivity index (χ1) is 11.8. The molecule has 7 N–H and O–H groups in total. The molecule has 1 aliphatic rings. The first kappa shape index (κ1) is 21.5. The molecule has 0 aromatic rings. The molecule has 4 atom stereocenters. The van der Waals surface area contributed by atoms with E-state index in [1.165, 1.54) is 0 Å². The molecule has 1 rings (SSSR count). The summed E-state index contributed by atoms with van der Waals surface area (Å²) in [7, 11) is 0. The van der Waals surface area contributed by atoms with E-state index in [0.29, 0.717) is 0 Å². The number of carbonyl (C=O) groups excluding carboxylic acids is 2. The summed E-state index contributed by atoms with van der Waals surface area (Å²) in [5, 5.41) is 21.6. The Labute approximate surface area is 145 Å². The number of carbonyl (C=O) groups is 3. The molecule has 0 bridgehead atoms. The average Bonchev–Trinajstić information content (AvgIpc) is 2.79. The van der Waals surface area contributed by atoms with Crippen LogP contribution in [0.1, 0.15) is 19.8 Å². The highest BCUT2D eigenvalue weighted by Gasteiger charge is 2.52. The molecule has 1 fully saturated rings. The molecule has 0 aromatic carbocycles. The monoisotopic (exact) mass is 384 g/mol. The highest BCUT2D eigenvalue weighted by atomic mass is 19.4. The lowest BCUT2D eigenvalue weighted by Crippen LogP contribution is -2.47. The van der Waals surface area contributed by atoms with E-state index in [2.05, 4.69) is 15.0 Å². The Kier molecular flexibility index (Phi) is 6.41. The minimum absolute atomic E-state index is 0.436. The number of nitrogens with zero attached hydrogens (tertiary/aromatic N) is 1. The third kappa shape index (κ3) is 5.47. The number of halogens is 3. The zero-order valence-electron chi connectivity index (χ0n) is 13.6. The molecule has 1 amide bonds. The van der Waals surface area contributed by atoms with E-state index in [1.807, 2.05) is 0 Å². The molecule has 1 saturated carbocycles. The van der Waals surface area contributed by atoms with Crippen LogP contribution in [0.15, 0.2) is 4.99 Å². The fourth-order valence-corrected chi connectivity index (χ4v) is 2.81. The summed E-state index contributed by atoms with van der Waals surface area (Å²) < 4.78 is 41.0. The van der Waals surface area contributed by atoms with Crippen molar-refractivity contribution >= 4 is 23.8 Å². The maximum absolute atomic E-state index is 12.3. The van der Waals surface area contributed by atoms with Crippen molar-refractivity contribution in [3.05, 3.63) is 0 Å². The molecule has 4 unspecified atom stereocenters. The van der Waals surface area contributed by atoms with Gasteiger partial charge in [-0.1, -0.05) is 0 Å². The number of hydrogen-bond donors (Lipinski definition) is 5. The lowest BCUT2D eigenvalue weighted by atomic mass is 9.93. The number of nitrogens with two attached hydrogens (primary N) is 2. The molecule has 0 heterocycles. The topological polar surface area (TPSA) is 177 Å². The van der Waals surface area contributed by atoms with Gasteiger partial charge in [0.2, 0.25) is 5.91 Å². The number of esters is 1. The van der Waals surface area contributed by atoms with Gasteiger partial charge in [-0.15, -0.1) is 0 Å². The summed E-state index contributed by atoms with van der Waals surface area (Å²) >= 11 is 0. The zero-order chi connectivity index (χ0) is 20.3. The van der Waals surface area contributed by atoms with Crippen LogP contribution in [0.25, 0.3) is 0 Å². The van der Waals surface area contributed by atoms with E-state index in [9.17, 15) is 32.7 Å². The molecule has 10 nitrogen and oxygen atoms in total. The van der Waals surface area contributed by atoms with Gasteiger partial charge in [-0.2, -0.15) is 13.2 Å². The summed E-state index contributed by atoms with van der Waals surface area (Å²) in [6.07, 6.45) is -6.15. The van der Waals surface area contributed by atoms with Crippen LogP contribution < -0.4 is 16.8 Å². The molecule has 0 radical (unpaired) electrons. The van der Waals surface area contributed by atoms with E-state index in [4.69, 9.17) is 16.6 Å². The van der Waals surface area contributed by atoms with Crippen LogP contribution in [-0.2, 0) is 19.1 Å². The Morgan fingerprint density at radius 2 is 1.92 bits per heavy atom. The maximum atomic E-state index is 12.3. The second kappa shape index (κ2) is 7.76. The van der Waals surface area contributed by atoms with Crippen molar-refractivity contribution in [2.24, 2.45) is 22.4 Å². The number of aliphatic imine (C=N–C) groups is 1. The van der Waals surface area contributed by atoms with Crippen LogP contribution in [-0.4, -0.2) is 64.5 Å². The second-order valence-corrected chi connectivity index (χ2v) is 5.93. The highest BCUT2D eigenvalue weighted by molar-refractivity contribution is 5.79. The largest absolute Gasteiger partial charge is 0.490 e. The van der Waals surface area contributed by atoms with Crippen molar-refractivity contribution in [2.75, 3.05) is 6.61 Å². The number of carboxylic acid groups (broad SMARTS) is 1. The third-order valence-corrected chi connectivity index (χ3v) is 3.86. The van der Waals surface area contributed by atoms with Gasteiger partial charge in [0.1, 0.15) is 6.61 Å². The minimum Gasteiger partial charge on any atom is -0.479 e. The molecule has 1 aliphatic carbocycles. The number of hydrogen-bond acceptors (Lipinski definition) is 6. The van der Waals surface area contributed by atoms with Crippen LogP contribution in [0.5, 0.6) is 0 Å². The Morgan fingerprint density at radius 1 is 1.35 bits per heavy atom. The van der Waals surface area contributed by atoms with Gasteiger partial charge in [-0.3, -0.25) is 4.79 Å². The van der Waals surface area contributed by atoms with E-state index >= 15 is 0 Å². The fourth-order valence-electron chi connectivity index (χ4n) is 2.81. The van der Waals surface area contributed by atoms with Gasteiger partial charge in [0.05, 0.1) is 12.1 Å². The summed E-state index contributed by atoms with van der Waals surface area (Å²) in [5.41, 5.74) is 8.26. The van der Waals surface area contributed by atoms with Gasteiger partial charge >= 0.3 is 18.1 Å². The molecule has 0 aliphatic heterocycles. The highest BCUT2D eigenvalue weighted by Crippen LogP contribution is 2.39. The maximum Gasteiger partial charge on any atom is 0.490 e. The summed E-state index contributed by atoms with van der Waals surface area (Å²) in [5.74, 6) is -6.17. The molecule has 0 aromatic heterocycles. The average molecular weight is 384 g/mol. The molecule has 148 valence electrons. The Bertz CT molecular complexity index is 607. The first-order valence-corrected chi connectivity index (χ1v) is 7.32. The zero-order valence-corrected chi connectivity index (χ0v) is 13.6. The van der Waals surface area contributed by atoms with Crippen LogP contribution in [0.4, 0.5) is 13.2 Å². The van der Waals surface area contributed by atoms with Crippen molar-refractivity contribution in [1.82, 2.24) is 5.32 Å². The second-order valence-electron chi connectivity index (χ2n) is 5.93. The van der Waals surface area contributed by atoms with Crippen molar-refractivity contribution in [3.63, 3.8) is 0 Å². The Balaban J connectivity index is 3.08. The summed E-state index contributed by atoms with van der Waals surface area (Å²) in [6, 6.07) is -2.28. The normalized spacial score (nSPS) is 26.7. The Hall–Kier alpha value is -2.57. The SMILES string of the molecule is CC(=O)NC(COC(=O)C(F)(F)F)C1CC(O)(C(=O)O)CC1N=C(N)N. The van der Waals surface area contributed by atoms with Crippen molar-refractivity contribution in [3.8, 4) is 0 Å². The number of carboxylic acids is 1. The van der Waals surface area contributed by atoms with E-state index in [1.54, 1.807) is 0 Å². The van der Waals surface area contributed by atoms with Gasteiger partial charge in [-0.05, 0) is 6.42 Å². The molecule has 26 heavy (non-hydrogen) atoms. The number of alkyl halides is 3. The predicted molar refractivity (Wildman–Crippen MR) is 79.5 cm³/mol. The van der Waals surface area contributed by atoms with Crippen molar-refractivity contribution < 1.29 is 42.5 Å². The smallest absolute Gasteiger partial charge is 0.479 e. The molecular weight excluding hydrogens is 365 g/mol. The van der Waals surface area contributed by atoms with E-state index < -0.39 is 73.0 Å².